The number of nitrogens with one attached hydrogen (secondary N) is 1. The van der Waals surface area contributed by atoms with Crippen LogP contribution in [-0.2, 0) is 16.1 Å². The van der Waals surface area contributed by atoms with Gasteiger partial charge in [-0.15, -0.1) is 0 Å². The smallest absolute Gasteiger partial charge is 0.338 e. The van der Waals surface area contributed by atoms with Gasteiger partial charge in [0.15, 0.2) is 0 Å². The summed E-state index contributed by atoms with van der Waals surface area (Å²) >= 11 is 0. The van der Waals surface area contributed by atoms with Crippen LogP contribution in [0, 0.1) is 0 Å². The zero-order valence-corrected chi connectivity index (χ0v) is 16.6. The number of carbonyl (C=O) groups is 2. The van der Waals surface area contributed by atoms with Crippen molar-refractivity contribution >= 4 is 12.0 Å². The lowest BCUT2D eigenvalue weighted by Crippen LogP contribution is -2.46. The van der Waals surface area contributed by atoms with Crippen LogP contribution in [0.2, 0.25) is 0 Å². The van der Waals surface area contributed by atoms with E-state index < -0.39 is 12.0 Å². The predicted molar refractivity (Wildman–Crippen MR) is 110 cm³/mol. The van der Waals surface area contributed by atoms with Gasteiger partial charge < -0.3 is 19.7 Å². The number of allylic oxidation sites excluding steroid dienone is 1. The summed E-state index contributed by atoms with van der Waals surface area (Å²) in [5.41, 5.74) is 2.79. The number of amides is 2. The molecule has 0 saturated heterocycles. The summed E-state index contributed by atoms with van der Waals surface area (Å²) in [7, 11) is 1.61. The van der Waals surface area contributed by atoms with Gasteiger partial charge in [0.2, 0.25) is 0 Å². The number of hydrogen-bond donors (Lipinski definition) is 1. The molecule has 1 N–H and O–H groups in total. The molecule has 1 unspecified atom stereocenters. The van der Waals surface area contributed by atoms with Gasteiger partial charge >= 0.3 is 12.0 Å². The first kappa shape index (κ1) is 20.2. The first-order valence-corrected chi connectivity index (χ1v) is 9.31. The van der Waals surface area contributed by atoms with Crippen molar-refractivity contribution < 1.29 is 19.1 Å². The third-order valence-corrected chi connectivity index (χ3v) is 4.77. The zero-order chi connectivity index (χ0) is 20.8. The normalized spacial score (nSPS) is 16.3. The number of rotatable bonds is 7. The van der Waals surface area contributed by atoms with E-state index >= 15 is 0 Å². The highest BCUT2D eigenvalue weighted by Crippen LogP contribution is 2.31. The molecule has 1 aliphatic rings. The van der Waals surface area contributed by atoms with E-state index in [0.717, 1.165) is 11.1 Å². The van der Waals surface area contributed by atoms with Gasteiger partial charge in [-0.2, -0.15) is 0 Å². The SMILES string of the molecule is C=CCOC(=O)C1=C(C)N(C)C(=O)NC1c1ccc(OCc2ccccc2)cc1. The van der Waals surface area contributed by atoms with Gasteiger partial charge in [-0.25, -0.2) is 9.59 Å². The summed E-state index contributed by atoms with van der Waals surface area (Å²) in [5.74, 6) is 0.219. The molecule has 0 aliphatic carbocycles. The van der Waals surface area contributed by atoms with Crippen molar-refractivity contribution in [2.24, 2.45) is 0 Å². The maximum atomic E-state index is 12.6. The molecule has 0 fully saturated rings. The lowest BCUT2D eigenvalue weighted by Gasteiger charge is -2.33. The Morgan fingerprint density at radius 2 is 1.86 bits per heavy atom. The average molecular weight is 392 g/mol. The first-order chi connectivity index (χ1) is 14.0. The van der Waals surface area contributed by atoms with Crippen LogP contribution in [0.15, 0.2) is 78.5 Å². The molecule has 150 valence electrons. The molecule has 2 aromatic rings. The Hall–Kier alpha value is -3.54. The number of esters is 1. The molecular weight excluding hydrogens is 368 g/mol. The van der Waals surface area contributed by atoms with E-state index in [2.05, 4.69) is 11.9 Å². The van der Waals surface area contributed by atoms with Crippen molar-refractivity contribution in [3.63, 3.8) is 0 Å². The Balaban J connectivity index is 1.80. The van der Waals surface area contributed by atoms with Crippen LogP contribution in [0.3, 0.4) is 0 Å². The Morgan fingerprint density at radius 3 is 2.52 bits per heavy atom. The molecule has 0 aromatic heterocycles. The summed E-state index contributed by atoms with van der Waals surface area (Å²) < 4.78 is 11.0. The maximum absolute atomic E-state index is 12.6. The highest BCUT2D eigenvalue weighted by atomic mass is 16.5. The molecule has 0 saturated carbocycles. The fraction of sp³-hybridized carbons (Fsp3) is 0.217. The van der Waals surface area contributed by atoms with Gasteiger partial charge in [0, 0.05) is 12.7 Å². The van der Waals surface area contributed by atoms with E-state index in [9.17, 15) is 9.59 Å². The molecule has 1 heterocycles. The van der Waals surface area contributed by atoms with Gasteiger partial charge in [-0.1, -0.05) is 55.1 Å². The van der Waals surface area contributed by atoms with E-state index in [1.807, 2.05) is 54.6 Å². The Kier molecular flexibility index (Phi) is 6.34. The van der Waals surface area contributed by atoms with E-state index in [1.54, 1.807) is 14.0 Å². The highest BCUT2D eigenvalue weighted by Gasteiger charge is 2.34. The van der Waals surface area contributed by atoms with Gasteiger partial charge in [-0.05, 0) is 30.2 Å². The Bertz CT molecular complexity index is 920. The van der Waals surface area contributed by atoms with Crippen LogP contribution in [0.4, 0.5) is 4.79 Å². The minimum atomic E-state index is -0.598. The maximum Gasteiger partial charge on any atom is 0.338 e. The zero-order valence-electron chi connectivity index (χ0n) is 16.6. The second kappa shape index (κ2) is 9.10. The molecule has 6 nitrogen and oxygen atoms in total. The van der Waals surface area contributed by atoms with Crippen molar-refractivity contribution in [3.05, 3.63) is 89.6 Å². The molecule has 0 bridgehead atoms. The molecule has 29 heavy (non-hydrogen) atoms. The summed E-state index contributed by atoms with van der Waals surface area (Å²) in [4.78, 5) is 26.3. The summed E-state index contributed by atoms with van der Waals surface area (Å²) in [6.07, 6.45) is 1.51. The second-order valence-corrected chi connectivity index (χ2v) is 6.67. The molecule has 1 atom stereocenters. The van der Waals surface area contributed by atoms with E-state index in [1.165, 1.54) is 11.0 Å². The fourth-order valence-electron chi connectivity index (χ4n) is 3.06. The number of nitrogens with zero attached hydrogens (tertiary/aromatic N) is 1. The predicted octanol–water partition coefficient (Wildman–Crippen LogP) is 3.96. The molecular formula is C23H24N2O4. The summed E-state index contributed by atoms with van der Waals surface area (Å²) in [5, 5.41) is 2.86. The molecule has 1 aliphatic heterocycles. The molecule has 6 heteroatoms. The quantitative estimate of drug-likeness (QED) is 0.572. The van der Waals surface area contributed by atoms with Crippen LogP contribution < -0.4 is 10.1 Å². The fourth-order valence-corrected chi connectivity index (χ4v) is 3.06. The average Bonchev–Trinajstić information content (AvgIpc) is 2.75. The third-order valence-electron chi connectivity index (χ3n) is 4.77. The molecule has 0 radical (unpaired) electrons. The van der Waals surface area contributed by atoms with Crippen LogP contribution in [0.25, 0.3) is 0 Å². The van der Waals surface area contributed by atoms with Crippen molar-refractivity contribution in [3.8, 4) is 5.75 Å². The molecule has 2 amide bonds. The molecule has 2 aromatic carbocycles. The van der Waals surface area contributed by atoms with Gasteiger partial charge in [-0.3, -0.25) is 0 Å². The summed E-state index contributed by atoms with van der Waals surface area (Å²) in [6, 6.07) is 16.3. The standard InChI is InChI=1S/C23H24N2O4/c1-4-14-28-22(26)20-16(2)25(3)23(27)24-21(20)18-10-12-19(13-11-18)29-15-17-8-6-5-7-9-17/h4-13,21H,1,14-15H2,2-3H3,(H,24,27). The second-order valence-electron chi connectivity index (χ2n) is 6.67. The lowest BCUT2D eigenvalue weighted by atomic mass is 9.95. The molecule has 0 spiro atoms. The van der Waals surface area contributed by atoms with Gasteiger partial charge in [0.1, 0.15) is 19.0 Å². The van der Waals surface area contributed by atoms with E-state index in [0.29, 0.717) is 23.6 Å². The number of urea groups is 1. The summed E-state index contributed by atoms with van der Waals surface area (Å²) in [6.45, 7) is 5.86. The Labute approximate surface area is 170 Å². The largest absolute Gasteiger partial charge is 0.489 e. The van der Waals surface area contributed by atoms with Crippen molar-refractivity contribution in [2.75, 3.05) is 13.7 Å². The third kappa shape index (κ3) is 4.66. The first-order valence-electron chi connectivity index (χ1n) is 9.31. The van der Waals surface area contributed by atoms with Gasteiger partial charge in [0.25, 0.3) is 0 Å². The van der Waals surface area contributed by atoms with Crippen LogP contribution in [0.5, 0.6) is 5.75 Å². The minimum Gasteiger partial charge on any atom is -0.489 e. The lowest BCUT2D eigenvalue weighted by molar-refractivity contribution is -0.138. The minimum absolute atomic E-state index is 0.103. The number of carbonyl (C=O) groups excluding carboxylic acids is 2. The van der Waals surface area contributed by atoms with Crippen molar-refractivity contribution in [1.82, 2.24) is 10.2 Å². The Morgan fingerprint density at radius 1 is 1.17 bits per heavy atom. The van der Waals surface area contributed by atoms with Crippen LogP contribution in [-0.4, -0.2) is 30.6 Å². The van der Waals surface area contributed by atoms with Gasteiger partial charge in [0.05, 0.1) is 11.6 Å². The highest BCUT2D eigenvalue weighted by molar-refractivity contribution is 5.95. The monoisotopic (exact) mass is 392 g/mol. The number of benzene rings is 2. The van der Waals surface area contributed by atoms with E-state index in [-0.39, 0.29) is 12.6 Å². The van der Waals surface area contributed by atoms with Crippen molar-refractivity contribution in [1.29, 1.82) is 0 Å². The van der Waals surface area contributed by atoms with Crippen LogP contribution in [0.1, 0.15) is 24.1 Å². The number of ether oxygens (including phenoxy) is 2. The van der Waals surface area contributed by atoms with Crippen molar-refractivity contribution in [2.45, 2.75) is 19.6 Å². The van der Waals surface area contributed by atoms with E-state index in [4.69, 9.17) is 9.47 Å². The number of hydrogen-bond acceptors (Lipinski definition) is 4. The topological polar surface area (TPSA) is 67.9 Å². The molecule has 3 rings (SSSR count). The van der Waals surface area contributed by atoms with Crippen LogP contribution >= 0.6 is 0 Å².